The maximum Gasteiger partial charge on any atom is 0.224 e. The van der Waals surface area contributed by atoms with E-state index in [0.29, 0.717) is 49.9 Å². The molecule has 1 heterocycles. The van der Waals surface area contributed by atoms with Crippen molar-refractivity contribution >= 4 is 47.2 Å². The summed E-state index contributed by atoms with van der Waals surface area (Å²) in [6.07, 6.45) is 0.283. The number of nitrogens with two attached hydrogens (primary N) is 1. The Kier molecular flexibility index (Phi) is 9.82. The molecule has 0 aliphatic carbocycles. The van der Waals surface area contributed by atoms with E-state index in [1.807, 2.05) is 4.90 Å². The summed E-state index contributed by atoms with van der Waals surface area (Å²) in [4.78, 5) is 20.7. The molecule has 32 heavy (non-hydrogen) atoms. The summed E-state index contributed by atoms with van der Waals surface area (Å²) in [5.74, 6) is 1.21. The third kappa shape index (κ3) is 6.87. The van der Waals surface area contributed by atoms with Gasteiger partial charge in [0, 0.05) is 50.0 Å². The Morgan fingerprint density at radius 1 is 1.06 bits per heavy atom. The first-order chi connectivity index (χ1) is 15.0. The van der Waals surface area contributed by atoms with Gasteiger partial charge in [-0.1, -0.05) is 0 Å². The van der Waals surface area contributed by atoms with Crippen LogP contribution in [0.1, 0.15) is 6.42 Å². The molecular formula is C22H29FIN5O3. The number of halogens is 2. The smallest absolute Gasteiger partial charge is 0.224 e. The van der Waals surface area contributed by atoms with Crippen LogP contribution in [-0.2, 0) is 4.79 Å². The fourth-order valence-corrected chi connectivity index (χ4v) is 3.40. The normalized spacial score (nSPS) is 13.9. The second-order valence-electron chi connectivity index (χ2n) is 7.06. The van der Waals surface area contributed by atoms with E-state index in [2.05, 4.69) is 15.2 Å². The van der Waals surface area contributed by atoms with Crippen LogP contribution in [0, 0.1) is 5.82 Å². The summed E-state index contributed by atoms with van der Waals surface area (Å²) in [5, 5.41) is 2.98. The Morgan fingerprint density at radius 3 is 2.34 bits per heavy atom. The van der Waals surface area contributed by atoms with Crippen molar-refractivity contribution in [3.8, 4) is 11.5 Å². The lowest BCUT2D eigenvalue weighted by Gasteiger charge is -2.36. The van der Waals surface area contributed by atoms with E-state index < -0.39 is 0 Å². The molecule has 174 valence electrons. The average molecular weight is 557 g/mol. The van der Waals surface area contributed by atoms with Crippen molar-refractivity contribution in [3.05, 3.63) is 48.3 Å². The number of methoxy groups -OCH3 is 2. The Bertz CT molecular complexity index is 918. The van der Waals surface area contributed by atoms with Crippen LogP contribution in [0.15, 0.2) is 47.5 Å². The van der Waals surface area contributed by atoms with Gasteiger partial charge in [0.05, 0.1) is 20.8 Å². The number of ether oxygens (including phenoxy) is 2. The maximum absolute atomic E-state index is 13.1. The topological polar surface area (TPSA) is 92.4 Å². The molecule has 1 saturated heterocycles. The van der Waals surface area contributed by atoms with Crippen molar-refractivity contribution in [2.75, 3.05) is 57.2 Å². The number of carbonyl (C=O) groups is 1. The summed E-state index contributed by atoms with van der Waals surface area (Å²) in [7, 11) is 3.13. The van der Waals surface area contributed by atoms with Gasteiger partial charge in [-0.3, -0.25) is 9.79 Å². The highest BCUT2D eigenvalue weighted by Gasteiger charge is 2.21. The number of rotatable bonds is 7. The molecule has 3 N–H and O–H groups in total. The van der Waals surface area contributed by atoms with Crippen molar-refractivity contribution < 1.29 is 18.7 Å². The Balaban J connectivity index is 0.00000363. The summed E-state index contributed by atoms with van der Waals surface area (Å²) in [6.45, 7) is 2.97. The van der Waals surface area contributed by atoms with Crippen molar-refractivity contribution in [1.29, 1.82) is 0 Å². The van der Waals surface area contributed by atoms with Crippen LogP contribution in [0.4, 0.5) is 15.8 Å². The highest BCUT2D eigenvalue weighted by molar-refractivity contribution is 14.0. The fourth-order valence-electron chi connectivity index (χ4n) is 3.40. The Labute approximate surface area is 204 Å². The highest BCUT2D eigenvalue weighted by Crippen LogP contribution is 2.29. The fraction of sp³-hybridized carbons (Fsp3) is 0.364. The second kappa shape index (κ2) is 12.3. The van der Waals surface area contributed by atoms with Crippen molar-refractivity contribution in [1.82, 2.24) is 4.90 Å². The van der Waals surface area contributed by atoms with E-state index in [9.17, 15) is 9.18 Å². The Hall–Kier alpha value is -2.76. The highest BCUT2D eigenvalue weighted by atomic mass is 127. The number of anilines is 2. The summed E-state index contributed by atoms with van der Waals surface area (Å²) >= 11 is 0. The van der Waals surface area contributed by atoms with Crippen LogP contribution < -0.4 is 25.4 Å². The van der Waals surface area contributed by atoms with Gasteiger partial charge in [-0.25, -0.2) is 4.39 Å². The molecule has 10 heteroatoms. The van der Waals surface area contributed by atoms with Crippen LogP contribution in [0.5, 0.6) is 11.5 Å². The maximum atomic E-state index is 13.1. The molecule has 0 atom stereocenters. The predicted molar refractivity (Wildman–Crippen MR) is 135 cm³/mol. The minimum absolute atomic E-state index is 0. The summed E-state index contributed by atoms with van der Waals surface area (Å²) in [6, 6.07) is 11.7. The van der Waals surface area contributed by atoms with Crippen LogP contribution in [0.25, 0.3) is 0 Å². The van der Waals surface area contributed by atoms with Gasteiger partial charge >= 0.3 is 0 Å². The number of hydrogen-bond donors (Lipinski definition) is 2. The van der Waals surface area contributed by atoms with E-state index in [-0.39, 0.29) is 48.1 Å². The molecule has 1 amide bonds. The lowest BCUT2D eigenvalue weighted by Crippen LogP contribution is -2.48. The number of amides is 1. The first kappa shape index (κ1) is 25.5. The number of aliphatic imine (C=N–C) groups is 1. The molecule has 3 rings (SSSR count). The number of piperazine rings is 1. The van der Waals surface area contributed by atoms with Crippen molar-refractivity contribution in [2.24, 2.45) is 10.7 Å². The minimum atomic E-state index is -0.252. The van der Waals surface area contributed by atoms with E-state index in [4.69, 9.17) is 15.2 Å². The number of guanidine groups is 1. The van der Waals surface area contributed by atoms with Crippen molar-refractivity contribution in [3.63, 3.8) is 0 Å². The van der Waals surface area contributed by atoms with E-state index in [1.165, 1.54) is 12.1 Å². The molecule has 0 spiro atoms. The predicted octanol–water partition coefficient (Wildman–Crippen LogP) is 2.93. The molecule has 8 nitrogen and oxygen atoms in total. The molecule has 0 unspecified atom stereocenters. The van der Waals surface area contributed by atoms with Crippen molar-refractivity contribution in [2.45, 2.75) is 6.42 Å². The third-order valence-electron chi connectivity index (χ3n) is 5.09. The van der Waals surface area contributed by atoms with Gasteiger partial charge in [-0.05, 0) is 36.4 Å². The molecule has 2 aromatic rings. The van der Waals surface area contributed by atoms with E-state index in [1.54, 1.807) is 44.6 Å². The Morgan fingerprint density at radius 2 is 1.72 bits per heavy atom. The zero-order chi connectivity index (χ0) is 22.2. The summed E-state index contributed by atoms with van der Waals surface area (Å²) in [5.41, 5.74) is 7.61. The monoisotopic (exact) mass is 557 g/mol. The minimum Gasteiger partial charge on any atom is -0.493 e. The number of carbonyl (C=O) groups excluding carboxylic acids is 1. The molecule has 1 aliphatic rings. The zero-order valence-corrected chi connectivity index (χ0v) is 20.5. The van der Waals surface area contributed by atoms with Crippen LogP contribution in [0.2, 0.25) is 0 Å². The molecule has 0 radical (unpaired) electrons. The first-order valence-corrected chi connectivity index (χ1v) is 10.1. The van der Waals surface area contributed by atoms with Crippen LogP contribution in [0.3, 0.4) is 0 Å². The van der Waals surface area contributed by atoms with Gasteiger partial charge in [0.1, 0.15) is 5.82 Å². The van der Waals surface area contributed by atoms with Gasteiger partial charge in [0.15, 0.2) is 17.5 Å². The van der Waals surface area contributed by atoms with Gasteiger partial charge < -0.3 is 30.3 Å². The van der Waals surface area contributed by atoms with E-state index in [0.717, 1.165) is 5.69 Å². The third-order valence-corrected chi connectivity index (χ3v) is 5.09. The number of nitrogens with zero attached hydrogens (tertiary/aromatic N) is 3. The molecule has 0 bridgehead atoms. The van der Waals surface area contributed by atoms with Crippen LogP contribution in [-0.4, -0.2) is 63.7 Å². The number of hydrogen-bond acceptors (Lipinski definition) is 5. The molecule has 1 aliphatic heterocycles. The molecule has 1 fully saturated rings. The first-order valence-electron chi connectivity index (χ1n) is 10.1. The summed E-state index contributed by atoms with van der Waals surface area (Å²) < 4.78 is 23.5. The van der Waals surface area contributed by atoms with E-state index >= 15 is 0 Å². The van der Waals surface area contributed by atoms with Gasteiger partial charge in [-0.2, -0.15) is 0 Å². The quantitative estimate of drug-likeness (QED) is 0.309. The largest absolute Gasteiger partial charge is 0.493 e. The standard InChI is InChI=1S/C22H28FN5O3.HI/c1-30-19-8-5-17(15-20(19)31-2)26-22(24)25-10-9-21(29)28-13-11-27(12-14-28)18-6-3-16(23)4-7-18;/h3-8,15H,9-14H2,1-2H3,(H3,24,25,26);1H. The lowest BCUT2D eigenvalue weighted by molar-refractivity contribution is -0.131. The second-order valence-corrected chi connectivity index (χ2v) is 7.06. The lowest BCUT2D eigenvalue weighted by atomic mass is 10.2. The zero-order valence-electron chi connectivity index (χ0n) is 18.2. The number of benzene rings is 2. The molecule has 0 aromatic heterocycles. The molecule has 2 aromatic carbocycles. The molecular weight excluding hydrogens is 528 g/mol. The van der Waals surface area contributed by atoms with Crippen LogP contribution >= 0.6 is 24.0 Å². The SMILES string of the molecule is COc1ccc(NC(N)=NCCC(=O)N2CCN(c3ccc(F)cc3)CC2)cc1OC.I. The van der Waals surface area contributed by atoms with Gasteiger partial charge in [0.25, 0.3) is 0 Å². The average Bonchev–Trinajstić information content (AvgIpc) is 2.79. The van der Waals surface area contributed by atoms with Gasteiger partial charge in [-0.15, -0.1) is 24.0 Å². The molecule has 0 saturated carbocycles. The van der Waals surface area contributed by atoms with Gasteiger partial charge in [0.2, 0.25) is 5.91 Å². The number of nitrogens with one attached hydrogen (secondary N) is 1.